The number of thiophene rings is 1. The highest BCUT2D eigenvalue weighted by atomic mass is 32.1. The molecule has 5 aromatic rings. The summed E-state index contributed by atoms with van der Waals surface area (Å²) in [7, 11) is 0. The summed E-state index contributed by atoms with van der Waals surface area (Å²) in [6.45, 7) is 2.33. The van der Waals surface area contributed by atoms with E-state index in [1.165, 1.54) is 4.57 Å². The SMILES string of the molecule is CC(Nc1cnc2n(c1=O)C(C(=O)NCc1cc3cnc(N)cc3s1)CC2)c1csc(-c2ccccc2)n1. The number of hydrogen-bond donors (Lipinski definition) is 3. The number of aromatic nitrogens is 4. The summed E-state index contributed by atoms with van der Waals surface area (Å²) in [6.07, 6.45) is 4.40. The summed E-state index contributed by atoms with van der Waals surface area (Å²) < 4.78 is 2.55. The zero-order valence-electron chi connectivity index (χ0n) is 20.5. The minimum Gasteiger partial charge on any atom is -0.384 e. The highest BCUT2D eigenvalue weighted by Gasteiger charge is 2.31. The maximum absolute atomic E-state index is 13.4. The molecule has 0 fully saturated rings. The fourth-order valence-corrected chi connectivity index (χ4v) is 6.58. The van der Waals surface area contributed by atoms with Crippen molar-refractivity contribution in [2.24, 2.45) is 0 Å². The van der Waals surface area contributed by atoms with Crippen molar-refractivity contribution < 1.29 is 4.79 Å². The van der Waals surface area contributed by atoms with Gasteiger partial charge in [0.2, 0.25) is 5.91 Å². The van der Waals surface area contributed by atoms with Crippen LogP contribution < -0.4 is 21.9 Å². The van der Waals surface area contributed by atoms with Crippen LogP contribution >= 0.6 is 22.7 Å². The Morgan fingerprint density at radius 1 is 1.21 bits per heavy atom. The molecule has 4 aromatic heterocycles. The monoisotopic (exact) mass is 543 g/mol. The number of pyridine rings is 1. The Balaban J connectivity index is 1.16. The first-order valence-electron chi connectivity index (χ1n) is 12.3. The van der Waals surface area contributed by atoms with E-state index in [2.05, 4.69) is 20.6 Å². The fourth-order valence-electron chi connectivity index (χ4n) is 4.64. The van der Waals surface area contributed by atoms with Gasteiger partial charge in [0.25, 0.3) is 5.56 Å². The first-order valence-corrected chi connectivity index (χ1v) is 14.0. The first kappa shape index (κ1) is 24.3. The smallest absolute Gasteiger partial charge is 0.277 e. The van der Waals surface area contributed by atoms with Crippen LogP contribution in [0.5, 0.6) is 0 Å². The second kappa shape index (κ2) is 9.99. The van der Waals surface area contributed by atoms with Crippen LogP contribution in [0.2, 0.25) is 0 Å². The van der Waals surface area contributed by atoms with E-state index in [1.807, 2.05) is 54.8 Å². The molecule has 0 saturated heterocycles. The largest absolute Gasteiger partial charge is 0.384 e. The number of carbonyl (C=O) groups is 1. The van der Waals surface area contributed by atoms with Gasteiger partial charge in [-0.2, -0.15) is 0 Å². The second-order valence-electron chi connectivity index (χ2n) is 9.20. The number of amides is 1. The van der Waals surface area contributed by atoms with Gasteiger partial charge < -0.3 is 16.4 Å². The predicted octanol–water partition coefficient (Wildman–Crippen LogP) is 4.54. The summed E-state index contributed by atoms with van der Waals surface area (Å²) in [6, 6.07) is 13.0. The molecule has 1 amide bonds. The molecule has 0 spiro atoms. The highest BCUT2D eigenvalue weighted by Crippen LogP contribution is 2.29. The number of nitrogen functional groups attached to an aromatic ring is 1. The third-order valence-electron chi connectivity index (χ3n) is 6.59. The van der Waals surface area contributed by atoms with E-state index < -0.39 is 6.04 Å². The van der Waals surface area contributed by atoms with Crippen LogP contribution in [0.25, 0.3) is 20.7 Å². The predicted molar refractivity (Wildman–Crippen MR) is 151 cm³/mol. The number of thiazole rings is 1. The molecule has 9 nitrogen and oxygen atoms in total. The quantitative estimate of drug-likeness (QED) is 0.275. The van der Waals surface area contributed by atoms with Crippen LogP contribution in [-0.4, -0.2) is 25.4 Å². The zero-order chi connectivity index (χ0) is 26.2. The number of nitrogens with two attached hydrogens (primary N) is 1. The normalized spacial score (nSPS) is 15.3. The van der Waals surface area contributed by atoms with Gasteiger partial charge in [-0.25, -0.2) is 15.0 Å². The summed E-state index contributed by atoms with van der Waals surface area (Å²) >= 11 is 3.13. The lowest BCUT2D eigenvalue weighted by Gasteiger charge is -2.17. The molecule has 5 heterocycles. The zero-order valence-corrected chi connectivity index (χ0v) is 22.2. The van der Waals surface area contributed by atoms with Gasteiger partial charge in [0.1, 0.15) is 28.4 Å². The summed E-state index contributed by atoms with van der Waals surface area (Å²) in [5, 5.41) is 10.2. The van der Waals surface area contributed by atoms with Crippen LogP contribution in [0.1, 0.15) is 41.8 Å². The molecule has 0 aliphatic carbocycles. The van der Waals surface area contributed by atoms with Crippen LogP contribution in [-0.2, 0) is 17.8 Å². The van der Waals surface area contributed by atoms with Gasteiger partial charge in [0.05, 0.1) is 24.5 Å². The van der Waals surface area contributed by atoms with Crippen molar-refractivity contribution in [1.29, 1.82) is 0 Å². The molecule has 6 rings (SSSR count). The molecule has 1 aliphatic rings. The highest BCUT2D eigenvalue weighted by molar-refractivity contribution is 7.19. The van der Waals surface area contributed by atoms with Gasteiger partial charge in [0.15, 0.2) is 0 Å². The molecule has 0 bridgehead atoms. The van der Waals surface area contributed by atoms with Crippen molar-refractivity contribution in [2.75, 3.05) is 11.1 Å². The maximum atomic E-state index is 13.4. The molecule has 11 heteroatoms. The van der Waals surface area contributed by atoms with E-state index in [4.69, 9.17) is 10.7 Å². The standard InChI is InChI=1S/C27H25N7O2S2/c1-15(20-14-37-26(33-20)16-5-3-2-4-6-16)32-19-13-30-24-8-7-21(34(24)27(19)36)25(35)31-12-18-9-17-11-29-23(28)10-22(17)38-18/h2-6,9-11,13-15,21,32H,7-8,12H2,1H3,(H2,28,29)(H,31,35). The van der Waals surface area contributed by atoms with Crippen LogP contribution in [0.15, 0.2) is 65.0 Å². The summed E-state index contributed by atoms with van der Waals surface area (Å²) in [4.78, 5) is 40.9. The van der Waals surface area contributed by atoms with Crippen LogP contribution in [0.3, 0.4) is 0 Å². The van der Waals surface area contributed by atoms with Gasteiger partial charge in [-0.1, -0.05) is 30.3 Å². The number of anilines is 2. The van der Waals surface area contributed by atoms with Gasteiger partial charge >= 0.3 is 0 Å². The Hall–Kier alpha value is -4.09. The Morgan fingerprint density at radius 2 is 2.05 bits per heavy atom. The molecule has 38 heavy (non-hydrogen) atoms. The Labute approximate surface area is 226 Å². The number of rotatable bonds is 7. The molecule has 0 radical (unpaired) electrons. The van der Waals surface area contributed by atoms with Crippen LogP contribution in [0.4, 0.5) is 11.5 Å². The van der Waals surface area contributed by atoms with Gasteiger partial charge in [-0.15, -0.1) is 22.7 Å². The van der Waals surface area contributed by atoms with Crippen molar-refractivity contribution in [3.8, 4) is 10.6 Å². The number of aryl methyl sites for hydroxylation is 1. The molecule has 4 N–H and O–H groups in total. The average Bonchev–Trinajstić information content (AvgIpc) is 3.67. The van der Waals surface area contributed by atoms with Crippen molar-refractivity contribution >= 4 is 50.2 Å². The van der Waals surface area contributed by atoms with Gasteiger partial charge in [0, 0.05) is 38.5 Å². The fraction of sp³-hybridized carbons (Fsp3) is 0.222. The number of fused-ring (bicyclic) bond motifs is 2. The molecule has 2 unspecified atom stereocenters. The Bertz CT molecular complexity index is 1690. The molecule has 2 atom stereocenters. The van der Waals surface area contributed by atoms with E-state index in [0.717, 1.165) is 31.2 Å². The molecular weight excluding hydrogens is 518 g/mol. The summed E-state index contributed by atoms with van der Waals surface area (Å²) in [5.74, 6) is 0.895. The topological polar surface area (TPSA) is 128 Å². The number of nitrogens with zero attached hydrogens (tertiary/aromatic N) is 4. The van der Waals surface area contributed by atoms with Gasteiger partial charge in [-0.3, -0.25) is 14.2 Å². The maximum Gasteiger partial charge on any atom is 0.277 e. The second-order valence-corrected chi connectivity index (χ2v) is 11.2. The van der Waals surface area contributed by atoms with E-state index in [0.29, 0.717) is 36.7 Å². The van der Waals surface area contributed by atoms with E-state index in [9.17, 15) is 9.59 Å². The van der Waals surface area contributed by atoms with Crippen molar-refractivity contribution in [1.82, 2.24) is 24.8 Å². The van der Waals surface area contributed by atoms with Gasteiger partial charge in [-0.05, 0) is 25.5 Å². The lowest BCUT2D eigenvalue weighted by molar-refractivity contribution is -0.124. The first-order chi connectivity index (χ1) is 18.5. The average molecular weight is 544 g/mol. The minimum atomic E-state index is -0.599. The molecular formula is C27H25N7O2S2. The third-order valence-corrected chi connectivity index (χ3v) is 8.60. The third kappa shape index (κ3) is 4.66. The van der Waals surface area contributed by atoms with E-state index >= 15 is 0 Å². The van der Waals surface area contributed by atoms with Crippen molar-refractivity contribution in [2.45, 2.75) is 38.4 Å². The van der Waals surface area contributed by atoms with E-state index in [-0.39, 0.29) is 17.5 Å². The Morgan fingerprint density at radius 3 is 2.89 bits per heavy atom. The van der Waals surface area contributed by atoms with E-state index in [1.54, 1.807) is 35.1 Å². The van der Waals surface area contributed by atoms with Crippen molar-refractivity contribution in [3.63, 3.8) is 0 Å². The number of hydrogen-bond acceptors (Lipinski definition) is 9. The number of benzene rings is 1. The number of nitrogens with one attached hydrogen (secondary N) is 2. The molecule has 1 aliphatic heterocycles. The molecule has 0 saturated carbocycles. The lowest BCUT2D eigenvalue weighted by atomic mass is 10.2. The molecule has 192 valence electrons. The lowest BCUT2D eigenvalue weighted by Crippen LogP contribution is -2.36. The van der Waals surface area contributed by atoms with Crippen molar-refractivity contribution in [3.05, 3.63) is 87.0 Å². The van der Waals surface area contributed by atoms with Crippen LogP contribution in [0, 0.1) is 0 Å². The molecule has 1 aromatic carbocycles. The number of carbonyl (C=O) groups excluding carboxylic acids is 1. The summed E-state index contributed by atoms with van der Waals surface area (Å²) in [5.41, 5.74) is 7.78. The minimum absolute atomic E-state index is 0.194. The Kier molecular flexibility index (Phi) is 6.38.